The molecule has 0 aliphatic carbocycles. The number of amides is 1. The van der Waals surface area contributed by atoms with Crippen molar-refractivity contribution in [3.05, 3.63) is 29.6 Å². The molecule has 0 aliphatic rings. The molecule has 0 aromatic heterocycles. The van der Waals surface area contributed by atoms with Crippen LogP contribution < -0.4 is 10.1 Å². The zero-order valence-electron chi connectivity index (χ0n) is 9.27. The first-order valence-electron chi connectivity index (χ1n) is 4.90. The number of carboxylic acid groups (broad SMARTS) is 1. The van der Waals surface area contributed by atoms with E-state index in [9.17, 15) is 14.0 Å². The molecule has 0 bridgehead atoms. The van der Waals surface area contributed by atoms with Crippen LogP contribution >= 0.6 is 0 Å². The zero-order chi connectivity index (χ0) is 13.5. The van der Waals surface area contributed by atoms with E-state index in [1.807, 2.05) is 0 Å². The van der Waals surface area contributed by atoms with Crippen molar-refractivity contribution in [1.82, 2.24) is 5.32 Å². The number of carboxylic acids is 1. The van der Waals surface area contributed by atoms with Gasteiger partial charge in [-0.3, -0.25) is 4.79 Å². The summed E-state index contributed by atoms with van der Waals surface area (Å²) >= 11 is 0. The van der Waals surface area contributed by atoms with E-state index < -0.39 is 24.3 Å². The highest BCUT2D eigenvalue weighted by Gasteiger charge is 2.14. The summed E-state index contributed by atoms with van der Waals surface area (Å²) in [4.78, 5) is 22.0. The molecule has 1 rings (SSSR count). The summed E-state index contributed by atoms with van der Waals surface area (Å²) in [5.41, 5.74) is 0.0212. The van der Waals surface area contributed by atoms with Gasteiger partial charge in [-0.15, -0.1) is 6.42 Å². The molecule has 1 amide bonds. The number of hydrogen-bond acceptors (Lipinski definition) is 3. The summed E-state index contributed by atoms with van der Waals surface area (Å²) in [5.74, 6) is -0.362. The normalized spacial score (nSPS) is 9.33. The number of carbonyl (C=O) groups excluding carboxylic acids is 1. The summed E-state index contributed by atoms with van der Waals surface area (Å²) < 4.78 is 17.8. The molecule has 2 N–H and O–H groups in total. The lowest BCUT2D eigenvalue weighted by atomic mass is 10.2. The van der Waals surface area contributed by atoms with Gasteiger partial charge in [0, 0.05) is 6.07 Å². The number of halogens is 1. The monoisotopic (exact) mass is 251 g/mol. The van der Waals surface area contributed by atoms with Crippen molar-refractivity contribution in [3.63, 3.8) is 0 Å². The Hall–Kier alpha value is -2.55. The van der Waals surface area contributed by atoms with E-state index in [0.29, 0.717) is 0 Å². The van der Waals surface area contributed by atoms with Crippen molar-refractivity contribution in [3.8, 4) is 18.1 Å². The molecule has 0 radical (unpaired) electrons. The molecule has 0 saturated heterocycles. The molecule has 18 heavy (non-hydrogen) atoms. The predicted molar refractivity (Wildman–Crippen MR) is 60.7 cm³/mol. The van der Waals surface area contributed by atoms with E-state index in [0.717, 1.165) is 12.1 Å². The van der Waals surface area contributed by atoms with Gasteiger partial charge in [-0.1, -0.05) is 5.92 Å². The SMILES string of the molecule is C#CCNC(=O)c1ccc(F)cc1OCC(=O)O. The van der Waals surface area contributed by atoms with Crippen LogP contribution in [0.15, 0.2) is 18.2 Å². The number of carbonyl (C=O) groups is 2. The Labute approximate surface area is 103 Å². The van der Waals surface area contributed by atoms with Gasteiger partial charge in [0.05, 0.1) is 12.1 Å². The van der Waals surface area contributed by atoms with Gasteiger partial charge in [-0.2, -0.15) is 0 Å². The Morgan fingerprint density at radius 2 is 2.22 bits per heavy atom. The second-order valence-electron chi connectivity index (χ2n) is 3.21. The molecule has 1 aromatic rings. The maximum atomic E-state index is 13.0. The minimum Gasteiger partial charge on any atom is -0.481 e. The maximum Gasteiger partial charge on any atom is 0.341 e. The molecule has 0 fully saturated rings. The van der Waals surface area contributed by atoms with Crippen molar-refractivity contribution in [1.29, 1.82) is 0 Å². The second-order valence-corrected chi connectivity index (χ2v) is 3.21. The first-order valence-corrected chi connectivity index (χ1v) is 4.90. The summed E-state index contributed by atoms with van der Waals surface area (Å²) in [6, 6.07) is 3.20. The molecule has 0 atom stereocenters. The Morgan fingerprint density at radius 1 is 1.50 bits per heavy atom. The average molecular weight is 251 g/mol. The largest absolute Gasteiger partial charge is 0.481 e. The third kappa shape index (κ3) is 3.79. The highest BCUT2D eigenvalue weighted by molar-refractivity contribution is 5.97. The van der Waals surface area contributed by atoms with Crippen LogP contribution in [-0.2, 0) is 4.79 Å². The third-order valence-corrected chi connectivity index (χ3v) is 1.89. The van der Waals surface area contributed by atoms with Crippen molar-refractivity contribution >= 4 is 11.9 Å². The summed E-state index contributed by atoms with van der Waals surface area (Å²) in [6.07, 6.45) is 4.98. The van der Waals surface area contributed by atoms with Gasteiger partial charge < -0.3 is 15.2 Å². The van der Waals surface area contributed by atoms with Crippen molar-refractivity contribution in [2.45, 2.75) is 0 Å². The number of aliphatic carboxylic acids is 1. The fourth-order valence-corrected chi connectivity index (χ4v) is 1.17. The van der Waals surface area contributed by atoms with Gasteiger partial charge in [-0.05, 0) is 12.1 Å². The van der Waals surface area contributed by atoms with E-state index in [4.69, 9.17) is 16.3 Å². The van der Waals surface area contributed by atoms with Gasteiger partial charge in [0.1, 0.15) is 11.6 Å². The summed E-state index contributed by atoms with van der Waals surface area (Å²) in [5, 5.41) is 10.8. The average Bonchev–Trinajstić information content (AvgIpc) is 2.33. The number of ether oxygens (including phenoxy) is 1. The van der Waals surface area contributed by atoms with Crippen LogP contribution in [0.25, 0.3) is 0 Å². The van der Waals surface area contributed by atoms with Crippen LogP contribution in [0.4, 0.5) is 4.39 Å². The molecule has 94 valence electrons. The highest BCUT2D eigenvalue weighted by Crippen LogP contribution is 2.19. The molecule has 0 unspecified atom stereocenters. The van der Waals surface area contributed by atoms with Crippen LogP contribution in [0.2, 0.25) is 0 Å². The standard InChI is InChI=1S/C12H10FNO4/c1-2-5-14-12(17)9-4-3-8(13)6-10(9)18-7-11(15)16/h1,3-4,6H,5,7H2,(H,14,17)(H,15,16). The third-order valence-electron chi connectivity index (χ3n) is 1.89. The fraction of sp³-hybridized carbons (Fsp3) is 0.167. The van der Waals surface area contributed by atoms with Crippen LogP contribution in [0.5, 0.6) is 5.75 Å². The molecule has 0 spiro atoms. The molecule has 0 aliphatic heterocycles. The fourth-order valence-electron chi connectivity index (χ4n) is 1.17. The van der Waals surface area contributed by atoms with Crippen molar-refractivity contribution in [2.24, 2.45) is 0 Å². The Morgan fingerprint density at radius 3 is 2.83 bits per heavy atom. The van der Waals surface area contributed by atoms with Crippen molar-refractivity contribution < 1.29 is 23.8 Å². The maximum absolute atomic E-state index is 13.0. The molecular formula is C12H10FNO4. The lowest BCUT2D eigenvalue weighted by Crippen LogP contribution is -2.24. The number of rotatable bonds is 5. The molecule has 5 nitrogen and oxygen atoms in total. The molecule has 0 heterocycles. The number of nitrogens with one attached hydrogen (secondary N) is 1. The number of terminal acetylenes is 1. The van der Waals surface area contributed by atoms with Gasteiger partial charge in [0.2, 0.25) is 0 Å². The van der Waals surface area contributed by atoms with Gasteiger partial charge in [0.25, 0.3) is 5.91 Å². The number of hydrogen-bond donors (Lipinski definition) is 2. The Kier molecular flexibility index (Phi) is 4.69. The van der Waals surface area contributed by atoms with Crippen LogP contribution in [0.3, 0.4) is 0 Å². The molecule has 1 aromatic carbocycles. The topological polar surface area (TPSA) is 75.6 Å². The summed E-state index contributed by atoms with van der Waals surface area (Å²) in [7, 11) is 0. The van der Waals surface area contributed by atoms with Gasteiger partial charge >= 0.3 is 5.97 Å². The molecule has 0 saturated carbocycles. The lowest BCUT2D eigenvalue weighted by Gasteiger charge is -2.09. The van der Waals surface area contributed by atoms with Crippen LogP contribution in [0, 0.1) is 18.2 Å². The Bertz CT molecular complexity index is 507. The molecular weight excluding hydrogens is 241 g/mol. The zero-order valence-corrected chi connectivity index (χ0v) is 9.27. The molecule has 6 heteroatoms. The predicted octanol–water partition coefficient (Wildman–Crippen LogP) is 0.652. The summed E-state index contributed by atoms with van der Waals surface area (Å²) in [6.45, 7) is -0.659. The van der Waals surface area contributed by atoms with Gasteiger partial charge in [0.15, 0.2) is 6.61 Å². The lowest BCUT2D eigenvalue weighted by molar-refractivity contribution is -0.139. The van der Waals surface area contributed by atoms with E-state index in [2.05, 4.69) is 11.2 Å². The minimum absolute atomic E-state index is 0.00851. The quantitative estimate of drug-likeness (QED) is 0.753. The van der Waals surface area contributed by atoms with E-state index in [1.54, 1.807) is 0 Å². The van der Waals surface area contributed by atoms with Crippen LogP contribution in [0.1, 0.15) is 10.4 Å². The van der Waals surface area contributed by atoms with Crippen molar-refractivity contribution in [2.75, 3.05) is 13.2 Å². The smallest absolute Gasteiger partial charge is 0.341 e. The Balaban J connectivity index is 2.92. The minimum atomic E-state index is -1.23. The first kappa shape index (κ1) is 13.5. The van der Waals surface area contributed by atoms with E-state index in [-0.39, 0.29) is 17.9 Å². The van der Waals surface area contributed by atoms with Crippen LogP contribution in [-0.4, -0.2) is 30.1 Å². The van der Waals surface area contributed by atoms with E-state index >= 15 is 0 Å². The second kappa shape index (κ2) is 6.25. The van der Waals surface area contributed by atoms with Gasteiger partial charge in [-0.25, -0.2) is 9.18 Å². The van der Waals surface area contributed by atoms with E-state index in [1.165, 1.54) is 6.07 Å². The first-order chi connectivity index (χ1) is 8.54. The highest BCUT2D eigenvalue weighted by atomic mass is 19.1. The number of benzene rings is 1.